The highest BCUT2D eigenvalue weighted by Gasteiger charge is 2.44. The van der Waals surface area contributed by atoms with Crippen LogP contribution < -0.4 is 14.8 Å². The number of ether oxygens (including phenoxy) is 1. The Morgan fingerprint density at radius 2 is 1.94 bits per heavy atom. The number of amides is 1. The lowest BCUT2D eigenvalue weighted by molar-refractivity contribution is -0.378. The number of aromatic amines is 1. The molecule has 4 rings (SSSR count). The normalized spacial score (nSPS) is 17.2. The number of ketones is 1. The molecule has 0 radical (unpaired) electrons. The molecule has 2 heterocycles. The number of nitrogens with one attached hydrogen (secondary N) is 1. The van der Waals surface area contributed by atoms with E-state index in [9.17, 15) is 19.1 Å². The first-order chi connectivity index (χ1) is 16.0. The van der Waals surface area contributed by atoms with Crippen LogP contribution in [0.5, 0.6) is 5.75 Å². The lowest BCUT2D eigenvalue weighted by Crippen LogP contribution is -2.29. The lowest BCUT2D eigenvalue weighted by atomic mass is 9.95. The monoisotopic (exact) mass is 444 g/mol. The molecule has 3 aromatic rings. The van der Waals surface area contributed by atoms with Crippen LogP contribution in [-0.2, 0) is 16.1 Å². The Morgan fingerprint density at radius 1 is 1.15 bits per heavy atom. The van der Waals surface area contributed by atoms with Crippen molar-refractivity contribution in [2.24, 2.45) is 0 Å². The molecule has 0 saturated carbocycles. The second-order valence-corrected chi connectivity index (χ2v) is 7.50. The van der Waals surface area contributed by atoms with E-state index in [-0.39, 0.29) is 24.3 Å². The number of pyridine rings is 1. The van der Waals surface area contributed by atoms with Crippen molar-refractivity contribution in [1.82, 2.24) is 4.90 Å². The van der Waals surface area contributed by atoms with E-state index in [1.807, 2.05) is 6.07 Å². The van der Waals surface area contributed by atoms with Crippen LogP contribution in [0.25, 0.3) is 5.76 Å². The minimum Gasteiger partial charge on any atom is -0.872 e. The Hall–Kier alpha value is -4.26. The molecule has 1 fully saturated rings. The zero-order valence-electron chi connectivity index (χ0n) is 17.7. The highest BCUT2D eigenvalue weighted by Crippen LogP contribution is 2.40. The number of H-pyrrole nitrogens is 1. The Bertz CT molecular complexity index is 1220. The molecular formula is C26H21FN2O4. The highest BCUT2D eigenvalue weighted by atomic mass is 19.1. The molecule has 1 aromatic heterocycles. The number of halogens is 1. The van der Waals surface area contributed by atoms with Gasteiger partial charge in [-0.05, 0) is 41.5 Å². The van der Waals surface area contributed by atoms with E-state index in [1.165, 1.54) is 17.0 Å². The quantitative estimate of drug-likeness (QED) is 0.243. The molecule has 0 aliphatic carbocycles. The molecule has 1 amide bonds. The second kappa shape index (κ2) is 9.48. The van der Waals surface area contributed by atoms with Gasteiger partial charge in [0.1, 0.15) is 18.2 Å². The Kier molecular flexibility index (Phi) is 6.31. The third-order valence-corrected chi connectivity index (χ3v) is 5.30. The maximum atomic E-state index is 13.4. The van der Waals surface area contributed by atoms with Gasteiger partial charge in [0.25, 0.3) is 5.91 Å². The summed E-state index contributed by atoms with van der Waals surface area (Å²) < 4.78 is 19.0. The second-order valence-electron chi connectivity index (χ2n) is 7.50. The zero-order chi connectivity index (χ0) is 23.4. The topological polar surface area (TPSA) is 83.8 Å². The van der Waals surface area contributed by atoms with Crippen molar-refractivity contribution in [2.45, 2.75) is 12.6 Å². The molecule has 1 aliphatic heterocycles. The minimum absolute atomic E-state index is 0.116. The van der Waals surface area contributed by atoms with Crippen LogP contribution in [0.1, 0.15) is 22.7 Å². The molecule has 0 bridgehead atoms. The maximum absolute atomic E-state index is 13.4. The molecule has 1 unspecified atom stereocenters. The van der Waals surface area contributed by atoms with Gasteiger partial charge in [-0.15, -0.1) is 0 Å². The van der Waals surface area contributed by atoms with E-state index < -0.39 is 29.3 Å². The fraction of sp³-hybridized carbons (Fsp3) is 0.115. The number of carbonyl (C=O) groups excluding carboxylic acids is 2. The van der Waals surface area contributed by atoms with Gasteiger partial charge < -0.3 is 14.7 Å². The number of rotatable bonds is 7. The van der Waals surface area contributed by atoms with Crippen LogP contribution in [0.15, 0.2) is 91.3 Å². The molecular weight excluding hydrogens is 423 g/mol. The molecule has 1 atom stereocenters. The number of nitrogens with zero attached hydrogens (tertiary/aromatic N) is 1. The van der Waals surface area contributed by atoms with Gasteiger partial charge in [-0.25, -0.2) is 9.37 Å². The van der Waals surface area contributed by atoms with E-state index in [4.69, 9.17) is 4.74 Å². The summed E-state index contributed by atoms with van der Waals surface area (Å²) in [6, 6.07) is 14.5. The van der Waals surface area contributed by atoms with Gasteiger partial charge in [0, 0.05) is 17.2 Å². The molecule has 6 nitrogen and oxygen atoms in total. The summed E-state index contributed by atoms with van der Waals surface area (Å²) in [5.41, 5.74) is 1.28. The SMILES string of the molecule is C=CCOc1cccc(C2/C(=C(\[O-])c3ccc(F)cc3)C(=O)C(=O)N2Cc2ccc[nH+]c2)c1. The lowest BCUT2D eigenvalue weighted by Gasteiger charge is -2.27. The number of likely N-dealkylation sites (tertiary alicyclic amines) is 1. The largest absolute Gasteiger partial charge is 0.872 e. The van der Waals surface area contributed by atoms with Gasteiger partial charge in [-0.3, -0.25) is 9.59 Å². The first kappa shape index (κ1) is 22.0. The van der Waals surface area contributed by atoms with Gasteiger partial charge >= 0.3 is 0 Å². The molecule has 1 saturated heterocycles. The van der Waals surface area contributed by atoms with Gasteiger partial charge in [0.2, 0.25) is 5.78 Å². The number of aromatic nitrogens is 1. The average molecular weight is 444 g/mol. The van der Waals surface area contributed by atoms with Crippen molar-refractivity contribution in [3.05, 3.63) is 114 Å². The van der Waals surface area contributed by atoms with Gasteiger partial charge in [-0.2, -0.15) is 0 Å². The van der Waals surface area contributed by atoms with Crippen LogP contribution in [0.2, 0.25) is 0 Å². The number of carbonyl (C=O) groups is 2. The van der Waals surface area contributed by atoms with E-state index >= 15 is 0 Å². The van der Waals surface area contributed by atoms with Crippen molar-refractivity contribution in [3.63, 3.8) is 0 Å². The Balaban J connectivity index is 1.84. The third kappa shape index (κ3) is 4.52. The van der Waals surface area contributed by atoms with Crippen LogP contribution in [0, 0.1) is 5.82 Å². The summed E-state index contributed by atoms with van der Waals surface area (Å²) in [7, 11) is 0. The predicted molar refractivity (Wildman–Crippen MR) is 117 cm³/mol. The Morgan fingerprint density at radius 3 is 2.64 bits per heavy atom. The molecule has 33 heavy (non-hydrogen) atoms. The van der Waals surface area contributed by atoms with Crippen LogP contribution in [0.3, 0.4) is 0 Å². The fourth-order valence-electron chi connectivity index (χ4n) is 3.79. The van der Waals surface area contributed by atoms with Gasteiger partial charge in [0.15, 0.2) is 12.4 Å². The molecule has 1 aliphatic rings. The standard InChI is InChI=1S/C26H21FN2O4/c1-2-13-33-21-7-3-6-19(14-21)23-22(24(30)18-8-10-20(27)11-9-18)25(31)26(32)29(23)16-17-5-4-12-28-15-17/h2-12,14-15,23,30H,1,13,16H2/b24-22+. The fourth-order valence-corrected chi connectivity index (χ4v) is 3.79. The first-order valence-corrected chi connectivity index (χ1v) is 10.3. The molecule has 166 valence electrons. The molecule has 1 N–H and O–H groups in total. The maximum Gasteiger partial charge on any atom is 0.295 e. The molecule has 7 heteroatoms. The van der Waals surface area contributed by atoms with E-state index in [2.05, 4.69) is 11.6 Å². The summed E-state index contributed by atoms with van der Waals surface area (Å²) in [5, 5.41) is 13.3. The predicted octanol–water partition coefficient (Wildman–Crippen LogP) is 2.63. The number of hydrogen-bond acceptors (Lipinski definition) is 4. The van der Waals surface area contributed by atoms with Crippen LogP contribution in [0.4, 0.5) is 4.39 Å². The Labute approximate surface area is 190 Å². The van der Waals surface area contributed by atoms with Crippen molar-refractivity contribution in [2.75, 3.05) is 6.61 Å². The summed E-state index contributed by atoms with van der Waals surface area (Å²) in [5.74, 6) is -2.24. The minimum atomic E-state index is -0.921. The first-order valence-electron chi connectivity index (χ1n) is 10.3. The average Bonchev–Trinajstić information content (AvgIpc) is 3.08. The van der Waals surface area contributed by atoms with Crippen molar-refractivity contribution in [3.8, 4) is 5.75 Å². The van der Waals surface area contributed by atoms with Gasteiger partial charge in [-0.1, -0.05) is 42.7 Å². The summed E-state index contributed by atoms with van der Waals surface area (Å²) in [6.45, 7) is 4.02. The van der Waals surface area contributed by atoms with Crippen molar-refractivity contribution >= 4 is 17.4 Å². The molecule has 2 aromatic carbocycles. The van der Waals surface area contributed by atoms with E-state index in [0.29, 0.717) is 11.3 Å². The van der Waals surface area contributed by atoms with Crippen molar-refractivity contribution < 1.29 is 28.8 Å². The smallest absolute Gasteiger partial charge is 0.295 e. The highest BCUT2D eigenvalue weighted by molar-refractivity contribution is 6.46. The zero-order valence-corrected chi connectivity index (χ0v) is 17.7. The van der Waals surface area contributed by atoms with E-state index in [0.717, 1.165) is 17.7 Å². The number of Topliss-reactive ketones (excluding diaryl/α,β-unsaturated/α-hetero) is 1. The number of benzene rings is 2. The van der Waals surface area contributed by atoms with Crippen molar-refractivity contribution in [1.29, 1.82) is 0 Å². The third-order valence-electron chi connectivity index (χ3n) is 5.30. The van der Waals surface area contributed by atoms with E-state index in [1.54, 1.807) is 48.8 Å². The summed E-state index contributed by atoms with van der Waals surface area (Å²) in [6.07, 6.45) is 5.05. The van der Waals surface area contributed by atoms with Crippen LogP contribution >= 0.6 is 0 Å². The molecule has 0 spiro atoms. The number of hydrogen-bond donors (Lipinski definition) is 0. The summed E-state index contributed by atoms with van der Waals surface area (Å²) in [4.78, 5) is 30.4. The van der Waals surface area contributed by atoms with Gasteiger partial charge in [0.05, 0.1) is 12.6 Å². The van der Waals surface area contributed by atoms with Crippen LogP contribution in [-0.4, -0.2) is 23.2 Å². The summed E-state index contributed by atoms with van der Waals surface area (Å²) >= 11 is 0.